The van der Waals surface area contributed by atoms with Crippen LogP contribution in [0.3, 0.4) is 0 Å². The van der Waals surface area contributed by atoms with E-state index in [1.54, 1.807) is 11.6 Å². The first kappa shape index (κ1) is 23.4. The van der Waals surface area contributed by atoms with Gasteiger partial charge in [0, 0.05) is 53.4 Å². The molecule has 0 spiro atoms. The van der Waals surface area contributed by atoms with Gasteiger partial charge in [-0.3, -0.25) is 4.79 Å². The van der Waals surface area contributed by atoms with Crippen molar-refractivity contribution >= 4 is 22.5 Å². The fraction of sp³-hybridized carbons (Fsp3) is 0.444. The topological polar surface area (TPSA) is 87.6 Å². The number of fused-ring (bicyclic) bond motifs is 2. The highest BCUT2D eigenvalue weighted by molar-refractivity contribution is 6.00. The van der Waals surface area contributed by atoms with Crippen LogP contribution in [0.5, 0.6) is 5.75 Å². The Hall–Kier alpha value is -3.39. The Morgan fingerprint density at radius 2 is 1.94 bits per heavy atom. The van der Waals surface area contributed by atoms with Gasteiger partial charge in [-0.25, -0.2) is 9.50 Å². The van der Waals surface area contributed by atoms with E-state index in [4.69, 9.17) is 4.74 Å². The average molecular weight is 475 g/mol. The molecule has 1 saturated heterocycles. The molecule has 0 radical (unpaired) electrons. The molecule has 8 nitrogen and oxygen atoms in total. The minimum absolute atomic E-state index is 0.00180. The zero-order chi connectivity index (χ0) is 24.7. The van der Waals surface area contributed by atoms with Crippen molar-refractivity contribution in [3.05, 3.63) is 47.9 Å². The second-order valence-corrected chi connectivity index (χ2v) is 10.0. The number of ether oxygens (including phenoxy) is 1. The number of amides is 1. The highest BCUT2D eigenvalue weighted by atomic mass is 16.5. The predicted molar refractivity (Wildman–Crippen MR) is 138 cm³/mol. The summed E-state index contributed by atoms with van der Waals surface area (Å²) in [6.07, 6.45) is 5.46. The van der Waals surface area contributed by atoms with E-state index < -0.39 is 0 Å². The van der Waals surface area contributed by atoms with Gasteiger partial charge in [0.05, 0.1) is 12.8 Å². The molecule has 1 aliphatic heterocycles. The summed E-state index contributed by atoms with van der Waals surface area (Å²) in [7, 11) is 1.64. The molecule has 1 fully saturated rings. The number of benzene rings is 1. The number of piperidine rings is 1. The number of aromatic amines is 1. The maximum atomic E-state index is 13.2. The molecule has 184 valence electrons. The molecule has 0 saturated carbocycles. The average Bonchev–Trinajstić information content (AvgIpc) is 3.47. The fourth-order valence-electron chi connectivity index (χ4n) is 5.19. The lowest BCUT2D eigenvalue weighted by molar-refractivity contribution is 0.0901. The second kappa shape index (κ2) is 9.34. The largest absolute Gasteiger partial charge is 0.493 e. The molecule has 2 N–H and O–H groups in total. The van der Waals surface area contributed by atoms with E-state index in [0.717, 1.165) is 48.1 Å². The van der Waals surface area contributed by atoms with Crippen molar-refractivity contribution in [2.75, 3.05) is 20.2 Å². The van der Waals surface area contributed by atoms with Crippen molar-refractivity contribution in [2.24, 2.45) is 0 Å². The third-order valence-electron chi connectivity index (χ3n) is 7.12. The van der Waals surface area contributed by atoms with Crippen LogP contribution in [0.2, 0.25) is 0 Å². The van der Waals surface area contributed by atoms with Gasteiger partial charge in [-0.15, -0.1) is 0 Å². The summed E-state index contributed by atoms with van der Waals surface area (Å²) < 4.78 is 7.30. The van der Waals surface area contributed by atoms with Crippen molar-refractivity contribution < 1.29 is 9.53 Å². The highest BCUT2D eigenvalue weighted by Gasteiger charge is 2.24. The molecule has 0 unspecified atom stereocenters. The maximum Gasteiger partial charge on any atom is 0.251 e. The van der Waals surface area contributed by atoms with E-state index >= 15 is 0 Å². The summed E-state index contributed by atoms with van der Waals surface area (Å²) in [6, 6.07) is 8.70. The molecule has 4 aromatic rings. The molecule has 4 heterocycles. The Labute approximate surface area is 205 Å². The zero-order valence-corrected chi connectivity index (χ0v) is 21.1. The molecular weight excluding hydrogens is 440 g/mol. The molecule has 0 aliphatic carbocycles. The van der Waals surface area contributed by atoms with Gasteiger partial charge in [0.25, 0.3) is 5.91 Å². The Morgan fingerprint density at radius 1 is 1.17 bits per heavy atom. The predicted octanol–water partition coefficient (Wildman–Crippen LogP) is 4.61. The Kier molecular flexibility index (Phi) is 6.23. The van der Waals surface area contributed by atoms with Crippen LogP contribution in [-0.2, 0) is 0 Å². The number of rotatable bonds is 6. The lowest BCUT2D eigenvalue weighted by Gasteiger charge is -2.34. The van der Waals surface area contributed by atoms with Crippen molar-refractivity contribution in [1.29, 1.82) is 0 Å². The van der Waals surface area contributed by atoms with Crippen LogP contribution < -0.4 is 10.1 Å². The Bertz CT molecular complexity index is 1360. The third-order valence-corrected chi connectivity index (χ3v) is 7.12. The molecule has 1 amide bonds. The first-order chi connectivity index (χ1) is 16.9. The lowest BCUT2D eigenvalue weighted by Crippen LogP contribution is -2.46. The molecule has 0 bridgehead atoms. The van der Waals surface area contributed by atoms with E-state index in [1.165, 1.54) is 11.9 Å². The minimum Gasteiger partial charge on any atom is -0.493 e. The molecular formula is C27H34N6O2. The quantitative estimate of drug-likeness (QED) is 0.426. The van der Waals surface area contributed by atoms with E-state index in [2.05, 4.69) is 53.0 Å². The van der Waals surface area contributed by atoms with Crippen molar-refractivity contribution in [3.63, 3.8) is 0 Å². The standard InChI is InChI=1S/C27H34N6O2/c1-16(2)24-21-12-18(27(34)30-20-8-10-32(11-9-20)17(3)4)6-7-22(21)31-25(24)19-13-23(35-5)26-28-15-29-33(26)14-19/h6-7,12-17,20,31H,8-11H2,1-5H3,(H,30,34). The fourth-order valence-corrected chi connectivity index (χ4v) is 5.19. The van der Waals surface area contributed by atoms with Crippen molar-refractivity contribution in [1.82, 2.24) is 29.8 Å². The van der Waals surface area contributed by atoms with E-state index in [9.17, 15) is 4.79 Å². The Balaban J connectivity index is 1.47. The number of pyridine rings is 1. The number of H-pyrrole nitrogens is 1. The number of methoxy groups -OCH3 is 1. The number of nitrogens with one attached hydrogen (secondary N) is 2. The maximum absolute atomic E-state index is 13.2. The normalized spacial score (nSPS) is 15.5. The molecule has 8 heteroatoms. The smallest absolute Gasteiger partial charge is 0.251 e. The van der Waals surface area contributed by atoms with Gasteiger partial charge in [-0.05, 0) is 62.4 Å². The van der Waals surface area contributed by atoms with Gasteiger partial charge in [-0.1, -0.05) is 13.8 Å². The first-order valence-corrected chi connectivity index (χ1v) is 12.4. The van der Waals surface area contributed by atoms with Gasteiger partial charge in [0.15, 0.2) is 11.4 Å². The Morgan fingerprint density at radius 3 is 2.63 bits per heavy atom. The summed E-state index contributed by atoms with van der Waals surface area (Å²) >= 11 is 0. The van der Waals surface area contributed by atoms with Crippen LogP contribution in [0.1, 0.15) is 62.4 Å². The number of likely N-dealkylation sites (tertiary alicyclic amines) is 1. The lowest BCUT2D eigenvalue weighted by atomic mass is 9.95. The number of aromatic nitrogens is 4. The van der Waals surface area contributed by atoms with Crippen LogP contribution in [0.25, 0.3) is 27.8 Å². The van der Waals surface area contributed by atoms with Gasteiger partial charge in [0.1, 0.15) is 6.33 Å². The highest BCUT2D eigenvalue weighted by Crippen LogP contribution is 2.37. The van der Waals surface area contributed by atoms with Crippen LogP contribution in [0.15, 0.2) is 36.8 Å². The number of nitrogens with zero attached hydrogens (tertiary/aromatic N) is 4. The van der Waals surface area contributed by atoms with Gasteiger partial charge < -0.3 is 19.9 Å². The minimum atomic E-state index is -0.00180. The van der Waals surface area contributed by atoms with E-state index in [-0.39, 0.29) is 17.9 Å². The number of carbonyl (C=O) groups excluding carboxylic acids is 1. The zero-order valence-electron chi connectivity index (χ0n) is 21.1. The molecule has 5 rings (SSSR count). The van der Waals surface area contributed by atoms with Crippen LogP contribution in [-0.4, -0.2) is 62.7 Å². The van der Waals surface area contributed by atoms with Crippen LogP contribution in [0.4, 0.5) is 0 Å². The molecule has 1 aliphatic rings. The van der Waals surface area contributed by atoms with Gasteiger partial charge >= 0.3 is 0 Å². The van der Waals surface area contributed by atoms with Crippen LogP contribution in [0, 0.1) is 0 Å². The summed E-state index contributed by atoms with van der Waals surface area (Å²) in [5.41, 5.74) is 5.51. The van der Waals surface area contributed by atoms with Crippen LogP contribution >= 0.6 is 0 Å². The molecule has 1 aromatic carbocycles. The van der Waals surface area contributed by atoms with Gasteiger partial charge in [-0.2, -0.15) is 5.10 Å². The summed E-state index contributed by atoms with van der Waals surface area (Å²) in [5, 5.41) is 8.64. The summed E-state index contributed by atoms with van der Waals surface area (Å²) in [6.45, 7) is 10.9. The van der Waals surface area contributed by atoms with Gasteiger partial charge in [0.2, 0.25) is 0 Å². The number of hydrogen-bond donors (Lipinski definition) is 2. The third kappa shape index (κ3) is 4.38. The summed E-state index contributed by atoms with van der Waals surface area (Å²) in [4.78, 5) is 23.5. The van der Waals surface area contributed by atoms with E-state index in [0.29, 0.717) is 23.0 Å². The number of carbonyl (C=O) groups is 1. The van der Waals surface area contributed by atoms with Crippen molar-refractivity contribution in [2.45, 2.75) is 58.5 Å². The molecule has 35 heavy (non-hydrogen) atoms. The second-order valence-electron chi connectivity index (χ2n) is 10.0. The SMILES string of the molecule is COc1cc(-c2[nH]c3ccc(C(=O)NC4CCN(C(C)C)CC4)cc3c2C(C)C)cn2ncnc12. The summed E-state index contributed by atoms with van der Waals surface area (Å²) in [5.74, 6) is 0.907. The van der Waals surface area contributed by atoms with E-state index in [1.807, 2.05) is 30.5 Å². The first-order valence-electron chi connectivity index (χ1n) is 12.4. The molecule has 3 aromatic heterocycles. The molecule has 0 atom stereocenters. The number of hydrogen-bond acceptors (Lipinski definition) is 5. The monoisotopic (exact) mass is 474 g/mol. The van der Waals surface area contributed by atoms with Crippen molar-refractivity contribution in [3.8, 4) is 17.0 Å².